The van der Waals surface area contributed by atoms with Crippen LogP contribution in [-0.4, -0.2) is 18.7 Å². The Bertz CT molecular complexity index is 388. The lowest BCUT2D eigenvalue weighted by Crippen LogP contribution is -2.36. The minimum absolute atomic E-state index is 0. The van der Waals surface area contributed by atoms with Crippen LogP contribution in [0, 0.1) is 0 Å². The second-order valence-corrected chi connectivity index (χ2v) is 2.91. The highest BCUT2D eigenvalue weighted by Crippen LogP contribution is 2.24. The van der Waals surface area contributed by atoms with E-state index in [-0.39, 0.29) is 30.5 Å². The Morgan fingerprint density at radius 2 is 2.12 bits per heavy atom. The van der Waals surface area contributed by atoms with Gasteiger partial charge < -0.3 is 15.2 Å². The van der Waals surface area contributed by atoms with Crippen LogP contribution in [0.5, 0.6) is 5.75 Å². The van der Waals surface area contributed by atoms with E-state index < -0.39 is 12.1 Å². The predicted molar refractivity (Wildman–Crippen MR) is 60.3 cm³/mol. The Morgan fingerprint density at radius 3 is 2.65 bits per heavy atom. The van der Waals surface area contributed by atoms with Gasteiger partial charge in [0.05, 0.1) is 6.61 Å². The monoisotopic (exact) mass is 267 g/mol. The second-order valence-electron chi connectivity index (χ2n) is 2.91. The smallest absolute Gasteiger partial charge is 0.459 e. The normalized spacial score (nSPS) is 10.3. The lowest BCUT2D eigenvalue weighted by molar-refractivity contribution is -0.216. The number of carbonyl (C=O) groups excluding carboxylic acids is 1. The van der Waals surface area contributed by atoms with Crippen molar-refractivity contribution in [1.29, 1.82) is 0 Å². The molecule has 2 N–H and O–H groups in total. The number of hydrogen-bond acceptors (Lipinski definition) is 4. The van der Waals surface area contributed by atoms with Gasteiger partial charge >= 0.3 is 12.1 Å². The van der Waals surface area contributed by atoms with Crippen LogP contribution < -0.4 is 10.5 Å². The fourth-order valence-corrected chi connectivity index (χ4v) is 0.983. The lowest BCUT2D eigenvalue weighted by Gasteiger charge is -2.15. The molecule has 4 nitrogen and oxygen atoms in total. The molecule has 0 aromatic heterocycles. The Kier molecular flexibility index (Phi) is 5.67. The van der Waals surface area contributed by atoms with Crippen molar-refractivity contribution >= 4 is 24.1 Å². The molecule has 1 aromatic carbocycles. The third-order valence-corrected chi connectivity index (χ3v) is 1.62. The van der Waals surface area contributed by atoms with Gasteiger partial charge in [0.1, 0.15) is 5.75 Å². The highest BCUT2D eigenvalue weighted by Gasteiger charge is 2.44. The molecule has 0 spiro atoms. The lowest BCUT2D eigenvalue weighted by atomic mass is 10.3. The maximum Gasteiger partial charge on any atom is 0.502 e. The van der Waals surface area contributed by atoms with Gasteiger partial charge in [-0.2, -0.15) is 8.78 Å². The van der Waals surface area contributed by atoms with Crippen molar-refractivity contribution in [2.75, 3.05) is 12.3 Å². The first kappa shape index (κ1) is 15.4. The summed E-state index contributed by atoms with van der Waals surface area (Å²) in [5.74, 6) is -1.92. The highest BCUT2D eigenvalue weighted by atomic mass is 35.5. The Morgan fingerprint density at radius 1 is 1.47 bits per heavy atom. The van der Waals surface area contributed by atoms with Crippen molar-refractivity contribution in [1.82, 2.24) is 0 Å². The summed E-state index contributed by atoms with van der Waals surface area (Å²) in [7, 11) is 0. The number of alkyl halides is 2. The minimum atomic E-state index is -4.01. The summed E-state index contributed by atoms with van der Waals surface area (Å²) in [5.41, 5.74) is 5.63. The van der Waals surface area contributed by atoms with Gasteiger partial charge in [-0.3, -0.25) is 0 Å². The van der Waals surface area contributed by atoms with Crippen LogP contribution >= 0.6 is 12.4 Å². The van der Waals surface area contributed by atoms with Gasteiger partial charge in [-0.15, -0.1) is 12.4 Å². The first-order valence-corrected chi connectivity index (χ1v) is 4.55. The largest absolute Gasteiger partial charge is 0.502 e. The quantitative estimate of drug-likeness (QED) is 0.671. The van der Waals surface area contributed by atoms with Gasteiger partial charge in [0.25, 0.3) is 0 Å². The fourth-order valence-electron chi connectivity index (χ4n) is 0.983. The van der Waals surface area contributed by atoms with Gasteiger partial charge in [0.2, 0.25) is 0 Å². The molecular weight excluding hydrogens is 256 g/mol. The van der Waals surface area contributed by atoms with E-state index in [2.05, 4.69) is 9.47 Å². The van der Waals surface area contributed by atoms with Gasteiger partial charge in [0, 0.05) is 11.8 Å². The molecule has 1 aromatic rings. The summed E-state index contributed by atoms with van der Waals surface area (Å²) < 4.78 is 34.5. The summed E-state index contributed by atoms with van der Waals surface area (Å²) in [6.07, 6.45) is -4.01. The molecule has 0 aliphatic heterocycles. The average Bonchev–Trinajstić information content (AvgIpc) is 2.17. The summed E-state index contributed by atoms with van der Waals surface area (Å²) in [6, 6.07) is 5.40. The maximum absolute atomic E-state index is 13.1. The second kappa shape index (κ2) is 6.24. The number of esters is 1. The number of halogens is 3. The van der Waals surface area contributed by atoms with Crippen molar-refractivity contribution in [2.45, 2.75) is 13.0 Å². The van der Waals surface area contributed by atoms with E-state index in [4.69, 9.17) is 5.73 Å². The first-order chi connectivity index (χ1) is 7.45. The molecule has 96 valence electrons. The van der Waals surface area contributed by atoms with E-state index in [0.29, 0.717) is 0 Å². The molecule has 0 bridgehead atoms. The fraction of sp³-hybridized carbons (Fsp3) is 0.300. The van der Waals surface area contributed by atoms with Gasteiger partial charge in [-0.05, 0) is 19.1 Å². The SMILES string of the molecule is CCOC(=O)C(F)(F)Oc1cccc(N)c1.Cl. The van der Waals surface area contributed by atoms with Crippen molar-refractivity contribution in [3.05, 3.63) is 24.3 Å². The minimum Gasteiger partial charge on any atom is -0.459 e. The molecule has 0 radical (unpaired) electrons. The molecule has 0 saturated carbocycles. The molecule has 7 heteroatoms. The average molecular weight is 268 g/mol. The van der Waals surface area contributed by atoms with E-state index in [0.717, 1.165) is 0 Å². The van der Waals surface area contributed by atoms with Crippen molar-refractivity contribution < 1.29 is 23.0 Å². The maximum atomic E-state index is 13.1. The third kappa shape index (κ3) is 4.44. The van der Waals surface area contributed by atoms with Crippen molar-refractivity contribution in [3.63, 3.8) is 0 Å². The predicted octanol–water partition coefficient (Wildman–Crippen LogP) is 2.23. The molecule has 0 amide bonds. The van der Waals surface area contributed by atoms with Gasteiger partial charge in [-0.25, -0.2) is 4.79 Å². The molecule has 0 aliphatic rings. The number of benzene rings is 1. The summed E-state index contributed by atoms with van der Waals surface area (Å²) >= 11 is 0. The molecule has 0 unspecified atom stereocenters. The number of hydrogen-bond donors (Lipinski definition) is 1. The standard InChI is InChI=1S/C10H11F2NO3.ClH/c1-2-15-9(14)10(11,12)16-8-5-3-4-7(13)6-8;/h3-6H,2,13H2,1H3;1H. The Labute approximate surface area is 103 Å². The van der Waals surface area contributed by atoms with Crippen molar-refractivity contribution in [3.8, 4) is 5.75 Å². The van der Waals surface area contributed by atoms with E-state index in [1.54, 1.807) is 0 Å². The van der Waals surface area contributed by atoms with Crippen LogP contribution in [0.25, 0.3) is 0 Å². The number of nitrogens with two attached hydrogens (primary N) is 1. The van der Waals surface area contributed by atoms with Crippen LogP contribution in [0.15, 0.2) is 24.3 Å². The zero-order chi connectivity index (χ0) is 12.2. The van der Waals surface area contributed by atoms with Crippen LogP contribution in [0.3, 0.4) is 0 Å². The van der Waals surface area contributed by atoms with E-state index in [1.807, 2.05) is 0 Å². The number of rotatable bonds is 4. The zero-order valence-electron chi connectivity index (χ0n) is 8.98. The Hall–Kier alpha value is -1.56. The van der Waals surface area contributed by atoms with Crippen LogP contribution in [0.2, 0.25) is 0 Å². The van der Waals surface area contributed by atoms with Crippen molar-refractivity contribution in [2.24, 2.45) is 0 Å². The van der Waals surface area contributed by atoms with E-state index in [1.165, 1.54) is 31.2 Å². The number of carbonyl (C=O) groups is 1. The van der Waals surface area contributed by atoms with E-state index in [9.17, 15) is 13.6 Å². The summed E-state index contributed by atoms with van der Waals surface area (Å²) in [4.78, 5) is 10.8. The van der Waals surface area contributed by atoms with Gasteiger partial charge in [0.15, 0.2) is 0 Å². The molecule has 1 rings (SSSR count). The molecule has 0 saturated heterocycles. The van der Waals surface area contributed by atoms with Crippen LogP contribution in [0.4, 0.5) is 14.5 Å². The number of ether oxygens (including phenoxy) is 2. The topological polar surface area (TPSA) is 61.5 Å². The molecule has 0 atom stereocenters. The zero-order valence-corrected chi connectivity index (χ0v) is 9.80. The molecule has 17 heavy (non-hydrogen) atoms. The summed E-state index contributed by atoms with van der Waals surface area (Å²) in [6.45, 7) is 1.28. The molecule has 0 aliphatic carbocycles. The third-order valence-electron chi connectivity index (χ3n) is 1.62. The molecule has 0 heterocycles. The first-order valence-electron chi connectivity index (χ1n) is 4.55. The molecular formula is C10H12ClF2NO3. The van der Waals surface area contributed by atoms with Gasteiger partial charge in [-0.1, -0.05) is 6.07 Å². The summed E-state index contributed by atoms with van der Waals surface area (Å²) in [5, 5.41) is 0. The van der Waals surface area contributed by atoms with E-state index >= 15 is 0 Å². The molecule has 0 fully saturated rings. The number of nitrogen functional groups attached to an aromatic ring is 1. The Balaban J connectivity index is 0.00000256. The highest BCUT2D eigenvalue weighted by molar-refractivity contribution is 5.85. The number of anilines is 1. The van der Waals surface area contributed by atoms with Crippen LogP contribution in [0.1, 0.15) is 6.92 Å². The van der Waals surface area contributed by atoms with Crippen LogP contribution in [-0.2, 0) is 9.53 Å².